The molecular formula is C8H16N2O. The SMILES string of the molecule is CC(=O)C1CC(N)CC(N)C1. The Hall–Kier alpha value is -0.410. The summed E-state index contributed by atoms with van der Waals surface area (Å²) in [4.78, 5) is 11.0. The normalized spacial score (nSPS) is 38.6. The average molecular weight is 156 g/mol. The van der Waals surface area contributed by atoms with E-state index in [-0.39, 0.29) is 23.8 Å². The fraction of sp³-hybridized carbons (Fsp3) is 0.875. The first-order valence-corrected chi connectivity index (χ1v) is 4.11. The fourth-order valence-corrected chi connectivity index (χ4v) is 1.74. The Morgan fingerprint density at radius 1 is 1.18 bits per heavy atom. The molecule has 3 heteroatoms. The highest BCUT2D eigenvalue weighted by molar-refractivity contribution is 5.78. The van der Waals surface area contributed by atoms with Gasteiger partial charge in [-0.15, -0.1) is 0 Å². The van der Waals surface area contributed by atoms with Gasteiger partial charge < -0.3 is 11.5 Å². The summed E-state index contributed by atoms with van der Waals surface area (Å²) in [7, 11) is 0. The summed E-state index contributed by atoms with van der Waals surface area (Å²) in [6.07, 6.45) is 2.51. The molecule has 0 aromatic heterocycles. The van der Waals surface area contributed by atoms with Gasteiger partial charge in [0.15, 0.2) is 0 Å². The zero-order valence-corrected chi connectivity index (χ0v) is 6.92. The lowest BCUT2D eigenvalue weighted by Gasteiger charge is -2.29. The summed E-state index contributed by atoms with van der Waals surface area (Å²) < 4.78 is 0. The molecule has 0 spiro atoms. The maximum atomic E-state index is 11.0. The number of hydrogen-bond donors (Lipinski definition) is 2. The molecule has 1 rings (SSSR count). The van der Waals surface area contributed by atoms with Crippen LogP contribution < -0.4 is 11.5 Å². The molecule has 64 valence electrons. The van der Waals surface area contributed by atoms with Gasteiger partial charge >= 0.3 is 0 Å². The Labute approximate surface area is 67.1 Å². The first kappa shape index (κ1) is 8.68. The molecule has 0 aromatic carbocycles. The lowest BCUT2D eigenvalue weighted by molar-refractivity contribution is -0.121. The molecule has 0 saturated heterocycles. The Balaban J connectivity index is 2.49. The largest absolute Gasteiger partial charge is 0.328 e. The molecule has 0 aromatic rings. The van der Waals surface area contributed by atoms with E-state index in [0.29, 0.717) is 0 Å². The Kier molecular flexibility index (Phi) is 2.62. The average Bonchev–Trinajstić information content (AvgIpc) is 1.85. The van der Waals surface area contributed by atoms with E-state index in [1.54, 1.807) is 6.92 Å². The van der Waals surface area contributed by atoms with Crippen LogP contribution in [-0.2, 0) is 4.79 Å². The van der Waals surface area contributed by atoms with Crippen LogP contribution in [-0.4, -0.2) is 17.9 Å². The predicted octanol–water partition coefficient (Wildman–Crippen LogP) is 0.0301. The van der Waals surface area contributed by atoms with Crippen molar-refractivity contribution in [2.45, 2.75) is 38.3 Å². The van der Waals surface area contributed by atoms with Crippen LogP contribution in [0.5, 0.6) is 0 Å². The van der Waals surface area contributed by atoms with Gasteiger partial charge in [0.25, 0.3) is 0 Å². The maximum absolute atomic E-state index is 11.0. The zero-order chi connectivity index (χ0) is 8.43. The van der Waals surface area contributed by atoms with Crippen molar-refractivity contribution in [1.82, 2.24) is 0 Å². The number of carbonyl (C=O) groups is 1. The zero-order valence-electron chi connectivity index (χ0n) is 6.92. The van der Waals surface area contributed by atoms with Gasteiger partial charge in [-0.1, -0.05) is 0 Å². The van der Waals surface area contributed by atoms with E-state index in [2.05, 4.69) is 0 Å². The summed E-state index contributed by atoms with van der Waals surface area (Å²) in [5.74, 6) is 0.351. The minimum Gasteiger partial charge on any atom is -0.328 e. The Morgan fingerprint density at radius 2 is 1.64 bits per heavy atom. The molecule has 1 fully saturated rings. The molecule has 1 aliphatic rings. The molecule has 0 amide bonds. The molecule has 0 radical (unpaired) electrons. The Morgan fingerprint density at radius 3 is 2.00 bits per heavy atom. The lowest BCUT2D eigenvalue weighted by Crippen LogP contribution is -2.41. The van der Waals surface area contributed by atoms with Gasteiger partial charge in [-0.2, -0.15) is 0 Å². The number of carbonyl (C=O) groups excluding carboxylic acids is 1. The first-order chi connectivity index (χ1) is 5.09. The van der Waals surface area contributed by atoms with E-state index in [0.717, 1.165) is 19.3 Å². The van der Waals surface area contributed by atoms with E-state index in [9.17, 15) is 4.79 Å². The van der Waals surface area contributed by atoms with E-state index in [4.69, 9.17) is 11.5 Å². The van der Waals surface area contributed by atoms with E-state index in [1.165, 1.54) is 0 Å². The highest BCUT2D eigenvalue weighted by atomic mass is 16.1. The van der Waals surface area contributed by atoms with Crippen LogP contribution in [0, 0.1) is 5.92 Å². The Bertz CT molecular complexity index is 148. The molecule has 2 atom stereocenters. The van der Waals surface area contributed by atoms with E-state index in [1.807, 2.05) is 0 Å². The summed E-state index contributed by atoms with van der Waals surface area (Å²) in [6.45, 7) is 1.62. The number of ketones is 1. The summed E-state index contributed by atoms with van der Waals surface area (Å²) in [5, 5.41) is 0. The number of rotatable bonds is 1. The molecule has 3 nitrogen and oxygen atoms in total. The second-order valence-electron chi connectivity index (χ2n) is 3.53. The van der Waals surface area contributed by atoms with Gasteiger partial charge in [-0.3, -0.25) is 4.79 Å². The van der Waals surface area contributed by atoms with Crippen molar-refractivity contribution in [1.29, 1.82) is 0 Å². The molecule has 0 aliphatic heterocycles. The van der Waals surface area contributed by atoms with Crippen molar-refractivity contribution in [3.63, 3.8) is 0 Å². The molecule has 2 unspecified atom stereocenters. The third kappa shape index (κ3) is 2.27. The highest BCUT2D eigenvalue weighted by Gasteiger charge is 2.26. The van der Waals surface area contributed by atoms with Crippen LogP contribution in [0.1, 0.15) is 26.2 Å². The summed E-state index contributed by atoms with van der Waals surface area (Å²) in [5.41, 5.74) is 11.4. The summed E-state index contributed by atoms with van der Waals surface area (Å²) in [6, 6.07) is 0.264. The minimum absolute atomic E-state index is 0.119. The van der Waals surface area contributed by atoms with Crippen LogP contribution in [0.3, 0.4) is 0 Å². The second kappa shape index (κ2) is 3.32. The smallest absolute Gasteiger partial charge is 0.133 e. The van der Waals surface area contributed by atoms with Crippen LogP contribution in [0.4, 0.5) is 0 Å². The van der Waals surface area contributed by atoms with Crippen LogP contribution >= 0.6 is 0 Å². The lowest BCUT2D eigenvalue weighted by atomic mass is 9.81. The number of nitrogens with two attached hydrogens (primary N) is 2. The first-order valence-electron chi connectivity index (χ1n) is 4.11. The van der Waals surface area contributed by atoms with Crippen LogP contribution in [0.25, 0.3) is 0 Å². The van der Waals surface area contributed by atoms with Crippen LogP contribution in [0.2, 0.25) is 0 Å². The van der Waals surface area contributed by atoms with Crippen molar-refractivity contribution < 1.29 is 4.79 Å². The van der Waals surface area contributed by atoms with Gasteiger partial charge in [0.05, 0.1) is 0 Å². The maximum Gasteiger partial charge on any atom is 0.133 e. The number of hydrogen-bond acceptors (Lipinski definition) is 3. The standard InChI is InChI=1S/C8H16N2O/c1-5(11)6-2-7(9)4-8(10)3-6/h6-8H,2-4,9-10H2,1H3. The molecule has 0 heterocycles. The fourth-order valence-electron chi connectivity index (χ4n) is 1.74. The molecule has 1 saturated carbocycles. The topological polar surface area (TPSA) is 69.1 Å². The van der Waals surface area contributed by atoms with Crippen molar-refractivity contribution in [3.05, 3.63) is 0 Å². The highest BCUT2D eigenvalue weighted by Crippen LogP contribution is 2.22. The molecule has 0 bridgehead atoms. The van der Waals surface area contributed by atoms with Crippen molar-refractivity contribution in [2.75, 3.05) is 0 Å². The van der Waals surface area contributed by atoms with Gasteiger partial charge in [0.1, 0.15) is 5.78 Å². The molecule has 1 aliphatic carbocycles. The van der Waals surface area contributed by atoms with Gasteiger partial charge in [-0.25, -0.2) is 0 Å². The van der Waals surface area contributed by atoms with Gasteiger partial charge in [0.2, 0.25) is 0 Å². The summed E-state index contributed by atoms with van der Waals surface area (Å²) >= 11 is 0. The number of Topliss-reactive ketones (excluding diaryl/α,β-unsaturated/α-hetero) is 1. The van der Waals surface area contributed by atoms with Gasteiger partial charge in [0, 0.05) is 18.0 Å². The third-order valence-corrected chi connectivity index (χ3v) is 2.35. The quantitative estimate of drug-likeness (QED) is 0.562. The van der Waals surface area contributed by atoms with Crippen molar-refractivity contribution in [2.24, 2.45) is 17.4 Å². The monoisotopic (exact) mass is 156 g/mol. The molecule has 4 N–H and O–H groups in total. The van der Waals surface area contributed by atoms with Crippen molar-refractivity contribution >= 4 is 5.78 Å². The van der Waals surface area contributed by atoms with Crippen molar-refractivity contribution in [3.8, 4) is 0 Å². The predicted molar refractivity (Wildman–Crippen MR) is 44.0 cm³/mol. The third-order valence-electron chi connectivity index (χ3n) is 2.35. The van der Waals surface area contributed by atoms with Gasteiger partial charge in [-0.05, 0) is 26.2 Å². The van der Waals surface area contributed by atoms with E-state index < -0.39 is 0 Å². The van der Waals surface area contributed by atoms with Crippen LogP contribution in [0.15, 0.2) is 0 Å². The van der Waals surface area contributed by atoms with E-state index >= 15 is 0 Å². The molecular weight excluding hydrogens is 140 g/mol. The minimum atomic E-state index is 0.119. The molecule has 11 heavy (non-hydrogen) atoms. The second-order valence-corrected chi connectivity index (χ2v) is 3.53.